The van der Waals surface area contributed by atoms with E-state index < -0.39 is 0 Å². The van der Waals surface area contributed by atoms with E-state index in [1.54, 1.807) is 11.0 Å². The fourth-order valence-electron chi connectivity index (χ4n) is 3.84. The highest BCUT2D eigenvalue weighted by Gasteiger charge is 2.18. The van der Waals surface area contributed by atoms with Crippen LogP contribution in [-0.4, -0.2) is 50.3 Å². The van der Waals surface area contributed by atoms with Gasteiger partial charge in [0.2, 0.25) is 0 Å². The van der Waals surface area contributed by atoms with Crippen LogP contribution in [0.5, 0.6) is 11.5 Å². The highest BCUT2D eigenvalue weighted by molar-refractivity contribution is 6.01. The van der Waals surface area contributed by atoms with Crippen molar-refractivity contribution < 1.29 is 19.0 Å². The summed E-state index contributed by atoms with van der Waals surface area (Å²) in [5.74, 6) is 0.961. The van der Waals surface area contributed by atoms with Gasteiger partial charge in [-0.25, -0.2) is 0 Å². The summed E-state index contributed by atoms with van der Waals surface area (Å²) in [7, 11) is 0. The number of nitriles is 1. The second-order valence-corrected chi connectivity index (χ2v) is 7.62. The molecule has 0 spiro atoms. The molecule has 0 radical (unpaired) electrons. The van der Waals surface area contributed by atoms with E-state index in [2.05, 4.69) is 6.07 Å². The van der Waals surface area contributed by atoms with Gasteiger partial charge in [0.1, 0.15) is 0 Å². The molecule has 0 atom stereocenters. The molecule has 1 fully saturated rings. The van der Waals surface area contributed by atoms with E-state index in [1.807, 2.05) is 67.6 Å². The number of allylic oxidation sites excluding steroid dienone is 1. The first kappa shape index (κ1) is 22.4. The summed E-state index contributed by atoms with van der Waals surface area (Å²) in [5, 5.41) is 12.0. The second-order valence-electron chi connectivity index (χ2n) is 7.62. The van der Waals surface area contributed by atoms with E-state index in [1.165, 1.54) is 0 Å². The lowest BCUT2D eigenvalue weighted by atomic mass is 9.97. The summed E-state index contributed by atoms with van der Waals surface area (Å²) in [6.07, 6.45) is 1.84. The Hall–Kier alpha value is -3.82. The summed E-state index contributed by atoms with van der Waals surface area (Å²) in [6, 6.07) is 21.8. The molecule has 168 valence electrons. The number of benzene rings is 3. The van der Waals surface area contributed by atoms with E-state index in [4.69, 9.17) is 14.2 Å². The van der Waals surface area contributed by atoms with E-state index in [0.29, 0.717) is 50.0 Å². The maximum Gasteiger partial charge on any atom is 0.260 e. The molecule has 0 aromatic heterocycles. The lowest BCUT2D eigenvalue weighted by Gasteiger charge is -2.26. The second kappa shape index (κ2) is 10.7. The highest BCUT2D eigenvalue weighted by Crippen LogP contribution is 2.31. The van der Waals surface area contributed by atoms with E-state index in [9.17, 15) is 10.1 Å². The Kier molecular flexibility index (Phi) is 7.23. The molecule has 1 saturated heterocycles. The first-order chi connectivity index (χ1) is 16.2. The number of carbonyl (C=O) groups is 1. The Labute approximate surface area is 193 Å². The van der Waals surface area contributed by atoms with Crippen molar-refractivity contribution in [3.05, 3.63) is 71.8 Å². The minimum Gasteiger partial charge on any atom is -0.490 e. The molecule has 1 aliphatic heterocycles. The van der Waals surface area contributed by atoms with Crippen molar-refractivity contribution in [1.29, 1.82) is 5.26 Å². The smallest absolute Gasteiger partial charge is 0.260 e. The van der Waals surface area contributed by atoms with Gasteiger partial charge in [-0.2, -0.15) is 5.26 Å². The largest absolute Gasteiger partial charge is 0.490 e. The lowest BCUT2D eigenvalue weighted by Crippen LogP contribution is -2.43. The molecule has 0 saturated carbocycles. The van der Waals surface area contributed by atoms with Crippen LogP contribution >= 0.6 is 0 Å². The minimum absolute atomic E-state index is 0.0608. The first-order valence-electron chi connectivity index (χ1n) is 11.0. The van der Waals surface area contributed by atoms with Gasteiger partial charge in [0, 0.05) is 18.7 Å². The number of morpholine rings is 1. The maximum absolute atomic E-state index is 12.4. The number of hydrogen-bond acceptors (Lipinski definition) is 5. The van der Waals surface area contributed by atoms with Crippen LogP contribution in [0.15, 0.2) is 60.7 Å². The van der Waals surface area contributed by atoms with Gasteiger partial charge in [-0.1, -0.05) is 48.5 Å². The molecule has 3 aromatic carbocycles. The molecule has 1 aliphatic rings. The van der Waals surface area contributed by atoms with Gasteiger partial charge in [-0.15, -0.1) is 0 Å². The van der Waals surface area contributed by atoms with Crippen molar-refractivity contribution in [2.75, 3.05) is 39.5 Å². The molecule has 0 unspecified atom stereocenters. The fraction of sp³-hybridized carbons (Fsp3) is 0.259. The monoisotopic (exact) mass is 442 g/mol. The Morgan fingerprint density at radius 3 is 2.64 bits per heavy atom. The van der Waals surface area contributed by atoms with Crippen molar-refractivity contribution in [3.8, 4) is 17.6 Å². The third-order valence-corrected chi connectivity index (χ3v) is 5.49. The number of nitrogens with zero attached hydrogens (tertiary/aromatic N) is 2. The Balaban J connectivity index is 1.57. The topological polar surface area (TPSA) is 71.8 Å². The van der Waals surface area contributed by atoms with Crippen molar-refractivity contribution in [1.82, 2.24) is 4.90 Å². The zero-order valence-corrected chi connectivity index (χ0v) is 18.6. The van der Waals surface area contributed by atoms with Crippen LogP contribution in [0.2, 0.25) is 0 Å². The summed E-state index contributed by atoms with van der Waals surface area (Å²) >= 11 is 0. The van der Waals surface area contributed by atoms with E-state index in [0.717, 1.165) is 21.9 Å². The molecule has 3 aromatic rings. The lowest BCUT2D eigenvalue weighted by molar-refractivity contribution is -0.137. The Morgan fingerprint density at radius 2 is 1.85 bits per heavy atom. The number of carbonyl (C=O) groups excluding carboxylic acids is 1. The summed E-state index contributed by atoms with van der Waals surface area (Å²) in [4.78, 5) is 14.2. The van der Waals surface area contributed by atoms with Gasteiger partial charge in [0.15, 0.2) is 18.1 Å². The van der Waals surface area contributed by atoms with Crippen molar-refractivity contribution in [3.63, 3.8) is 0 Å². The Bertz CT molecular complexity index is 1200. The van der Waals surface area contributed by atoms with Crippen LogP contribution in [0.25, 0.3) is 22.4 Å². The molecule has 0 bridgehead atoms. The summed E-state index contributed by atoms with van der Waals surface area (Å²) in [6.45, 7) is 4.54. The number of amides is 1. The van der Waals surface area contributed by atoms with Crippen LogP contribution in [0.4, 0.5) is 0 Å². The minimum atomic E-state index is -0.0764. The molecule has 0 aliphatic carbocycles. The molecule has 6 nitrogen and oxygen atoms in total. The van der Waals surface area contributed by atoms with Gasteiger partial charge in [0.25, 0.3) is 5.91 Å². The van der Waals surface area contributed by atoms with Crippen LogP contribution in [0, 0.1) is 11.3 Å². The summed E-state index contributed by atoms with van der Waals surface area (Å²) < 4.78 is 16.8. The van der Waals surface area contributed by atoms with Gasteiger partial charge >= 0.3 is 0 Å². The number of fused-ring (bicyclic) bond motifs is 1. The molecule has 1 amide bonds. The first-order valence-corrected chi connectivity index (χ1v) is 11.0. The van der Waals surface area contributed by atoms with Crippen molar-refractivity contribution in [2.24, 2.45) is 0 Å². The average Bonchev–Trinajstić information content (AvgIpc) is 2.87. The molecular formula is C27H26N2O4. The SMILES string of the molecule is CCOc1cc(/C=C(\C#N)c2cccc3ccccc23)ccc1OCC(=O)N1CCOCC1. The van der Waals surface area contributed by atoms with E-state index in [-0.39, 0.29) is 12.5 Å². The molecule has 0 N–H and O–H groups in total. The number of hydrogen-bond donors (Lipinski definition) is 0. The van der Waals surface area contributed by atoms with Gasteiger partial charge in [-0.05, 0) is 41.5 Å². The fourth-order valence-corrected chi connectivity index (χ4v) is 3.84. The average molecular weight is 443 g/mol. The number of rotatable bonds is 7. The zero-order chi connectivity index (χ0) is 23.0. The predicted molar refractivity (Wildman–Crippen MR) is 128 cm³/mol. The molecular weight excluding hydrogens is 416 g/mol. The highest BCUT2D eigenvalue weighted by atomic mass is 16.5. The quantitative estimate of drug-likeness (QED) is 0.397. The Morgan fingerprint density at radius 1 is 1.06 bits per heavy atom. The normalized spacial score (nSPS) is 14.1. The maximum atomic E-state index is 12.4. The van der Waals surface area contributed by atoms with Crippen LogP contribution in [-0.2, 0) is 9.53 Å². The van der Waals surface area contributed by atoms with Crippen LogP contribution in [0.1, 0.15) is 18.1 Å². The van der Waals surface area contributed by atoms with Crippen LogP contribution in [0.3, 0.4) is 0 Å². The molecule has 6 heteroatoms. The summed E-state index contributed by atoms with van der Waals surface area (Å²) in [5.41, 5.74) is 2.25. The number of ether oxygens (including phenoxy) is 3. The zero-order valence-electron chi connectivity index (χ0n) is 18.6. The van der Waals surface area contributed by atoms with Crippen LogP contribution < -0.4 is 9.47 Å². The van der Waals surface area contributed by atoms with Gasteiger partial charge in [0.05, 0.1) is 31.5 Å². The van der Waals surface area contributed by atoms with Gasteiger partial charge < -0.3 is 19.1 Å². The third-order valence-electron chi connectivity index (χ3n) is 5.49. The molecule has 33 heavy (non-hydrogen) atoms. The van der Waals surface area contributed by atoms with Crippen molar-refractivity contribution >= 4 is 28.3 Å². The molecule has 1 heterocycles. The standard InChI is InChI=1S/C27H26N2O4/c1-2-32-26-17-20(10-11-25(26)33-19-27(30)29-12-14-31-15-13-29)16-22(18-28)24-9-5-7-21-6-3-4-8-23(21)24/h3-11,16-17H,2,12-15,19H2,1H3/b22-16+. The molecule has 4 rings (SSSR count). The van der Waals surface area contributed by atoms with E-state index >= 15 is 0 Å². The predicted octanol–water partition coefficient (Wildman–Crippen LogP) is 4.54. The van der Waals surface area contributed by atoms with Crippen molar-refractivity contribution in [2.45, 2.75) is 6.92 Å². The van der Waals surface area contributed by atoms with Gasteiger partial charge in [-0.3, -0.25) is 4.79 Å². The third kappa shape index (κ3) is 5.33.